The van der Waals surface area contributed by atoms with E-state index in [0.29, 0.717) is 0 Å². The third kappa shape index (κ3) is 1.39. The SMILES string of the molecule is O=Nc1ccc(C(=O)O)cc1O. The molecule has 0 saturated heterocycles. The number of hydrogen-bond donors (Lipinski definition) is 2. The summed E-state index contributed by atoms with van der Waals surface area (Å²) >= 11 is 0. The van der Waals surface area contributed by atoms with Crippen LogP contribution in [-0.2, 0) is 0 Å². The molecule has 5 heteroatoms. The zero-order valence-electron chi connectivity index (χ0n) is 5.89. The van der Waals surface area contributed by atoms with Crippen LogP contribution < -0.4 is 0 Å². The Morgan fingerprint density at radius 3 is 2.50 bits per heavy atom. The van der Waals surface area contributed by atoms with Crippen LogP contribution in [-0.4, -0.2) is 16.2 Å². The van der Waals surface area contributed by atoms with E-state index < -0.39 is 11.7 Å². The largest absolute Gasteiger partial charge is 0.506 e. The van der Waals surface area contributed by atoms with Gasteiger partial charge in [0.05, 0.1) is 5.56 Å². The lowest BCUT2D eigenvalue weighted by Gasteiger charge is -1.96. The molecular formula is C7H5NO4. The molecule has 0 aliphatic rings. The fourth-order valence-corrected chi connectivity index (χ4v) is 0.734. The maximum atomic E-state index is 10.3. The maximum Gasteiger partial charge on any atom is 0.335 e. The van der Waals surface area contributed by atoms with Crippen LogP contribution in [0, 0.1) is 4.91 Å². The summed E-state index contributed by atoms with van der Waals surface area (Å²) in [4.78, 5) is 20.3. The molecule has 0 heterocycles. The molecule has 1 rings (SSSR count). The molecule has 0 aromatic heterocycles. The first-order chi connectivity index (χ1) is 5.65. The molecule has 0 aliphatic carbocycles. The molecular weight excluding hydrogens is 162 g/mol. The third-order valence-corrected chi connectivity index (χ3v) is 1.32. The molecule has 0 radical (unpaired) electrons. The van der Waals surface area contributed by atoms with Crippen molar-refractivity contribution in [3.05, 3.63) is 28.7 Å². The monoisotopic (exact) mass is 167 g/mol. The summed E-state index contributed by atoms with van der Waals surface area (Å²) in [6.07, 6.45) is 0. The van der Waals surface area contributed by atoms with Gasteiger partial charge < -0.3 is 10.2 Å². The normalized spacial score (nSPS) is 9.33. The quantitative estimate of drug-likeness (QED) is 0.653. The topological polar surface area (TPSA) is 87.0 Å². The van der Waals surface area contributed by atoms with Gasteiger partial charge in [0.25, 0.3) is 0 Å². The number of phenolic OH excluding ortho intramolecular Hbond substituents is 1. The average molecular weight is 167 g/mol. The molecule has 0 amide bonds. The number of nitroso groups, excluding NO2 is 1. The number of carbonyl (C=O) groups is 1. The van der Waals surface area contributed by atoms with E-state index in [1.165, 1.54) is 6.07 Å². The van der Waals surface area contributed by atoms with E-state index in [1.54, 1.807) is 0 Å². The lowest BCUT2D eigenvalue weighted by atomic mass is 10.2. The van der Waals surface area contributed by atoms with Crippen LogP contribution in [0.4, 0.5) is 5.69 Å². The standard InChI is InChI=1S/C7H5NO4/c9-6-3-4(7(10)11)1-2-5(6)8-12/h1-3,9H,(H,10,11). The molecule has 5 nitrogen and oxygen atoms in total. The summed E-state index contributed by atoms with van der Waals surface area (Å²) in [5, 5.41) is 19.9. The second-order valence-electron chi connectivity index (χ2n) is 2.10. The highest BCUT2D eigenvalue weighted by atomic mass is 16.4. The predicted octanol–water partition coefficient (Wildman–Crippen LogP) is 1.49. The summed E-state index contributed by atoms with van der Waals surface area (Å²) in [7, 11) is 0. The van der Waals surface area contributed by atoms with E-state index in [0.717, 1.165) is 12.1 Å². The first-order valence-electron chi connectivity index (χ1n) is 3.05. The van der Waals surface area contributed by atoms with Crippen molar-refractivity contribution in [2.24, 2.45) is 5.18 Å². The molecule has 2 N–H and O–H groups in total. The number of carboxylic acid groups (broad SMARTS) is 1. The summed E-state index contributed by atoms with van der Waals surface area (Å²) in [6.45, 7) is 0. The van der Waals surface area contributed by atoms with Gasteiger partial charge in [-0.2, -0.15) is 0 Å². The minimum Gasteiger partial charge on any atom is -0.506 e. The van der Waals surface area contributed by atoms with Crippen molar-refractivity contribution >= 4 is 11.7 Å². The fourth-order valence-electron chi connectivity index (χ4n) is 0.734. The molecule has 1 aromatic carbocycles. The van der Waals surface area contributed by atoms with Gasteiger partial charge in [-0.05, 0) is 23.4 Å². The predicted molar refractivity (Wildman–Crippen MR) is 40.5 cm³/mol. The fraction of sp³-hybridized carbons (Fsp3) is 0. The molecule has 0 aliphatic heterocycles. The Morgan fingerprint density at radius 2 is 2.08 bits per heavy atom. The van der Waals surface area contributed by atoms with Gasteiger partial charge in [0.1, 0.15) is 11.4 Å². The molecule has 0 bridgehead atoms. The van der Waals surface area contributed by atoms with Gasteiger partial charge in [-0.1, -0.05) is 0 Å². The summed E-state index contributed by atoms with van der Waals surface area (Å²) < 4.78 is 0. The Labute approximate surface area is 67.2 Å². The summed E-state index contributed by atoms with van der Waals surface area (Å²) in [5.74, 6) is -1.59. The number of phenols is 1. The molecule has 0 saturated carbocycles. The van der Waals surface area contributed by atoms with Crippen molar-refractivity contribution < 1.29 is 15.0 Å². The zero-order chi connectivity index (χ0) is 9.14. The number of nitrogens with zero attached hydrogens (tertiary/aromatic N) is 1. The van der Waals surface area contributed by atoms with E-state index in [4.69, 9.17) is 10.2 Å². The first-order valence-corrected chi connectivity index (χ1v) is 3.05. The van der Waals surface area contributed by atoms with Gasteiger partial charge in [0, 0.05) is 0 Å². The number of aromatic hydroxyl groups is 1. The molecule has 12 heavy (non-hydrogen) atoms. The van der Waals surface area contributed by atoms with Crippen molar-refractivity contribution in [1.82, 2.24) is 0 Å². The van der Waals surface area contributed by atoms with Crippen LogP contribution in [0.1, 0.15) is 10.4 Å². The van der Waals surface area contributed by atoms with E-state index >= 15 is 0 Å². The smallest absolute Gasteiger partial charge is 0.335 e. The number of hydrogen-bond acceptors (Lipinski definition) is 4. The van der Waals surface area contributed by atoms with Gasteiger partial charge in [-0.25, -0.2) is 4.79 Å². The highest BCUT2D eigenvalue weighted by Crippen LogP contribution is 2.26. The minimum absolute atomic E-state index is 0.0834. The van der Waals surface area contributed by atoms with Crippen LogP contribution in [0.2, 0.25) is 0 Å². The van der Waals surface area contributed by atoms with Gasteiger partial charge in [0.2, 0.25) is 0 Å². The van der Waals surface area contributed by atoms with Gasteiger partial charge in [0.15, 0.2) is 0 Å². The van der Waals surface area contributed by atoms with Crippen molar-refractivity contribution in [2.45, 2.75) is 0 Å². The molecule has 1 aromatic rings. The average Bonchev–Trinajstić information content (AvgIpc) is 2.04. The number of benzene rings is 1. The van der Waals surface area contributed by atoms with Crippen LogP contribution in [0.3, 0.4) is 0 Å². The van der Waals surface area contributed by atoms with Crippen LogP contribution in [0.15, 0.2) is 23.4 Å². The number of rotatable bonds is 2. The number of aromatic carboxylic acids is 1. The Hall–Kier alpha value is -1.91. The highest BCUT2D eigenvalue weighted by molar-refractivity contribution is 5.88. The van der Waals surface area contributed by atoms with Crippen molar-refractivity contribution in [1.29, 1.82) is 0 Å². The second kappa shape index (κ2) is 3.00. The van der Waals surface area contributed by atoms with Gasteiger partial charge in [-0.3, -0.25) is 0 Å². The lowest BCUT2D eigenvalue weighted by Crippen LogP contribution is -1.94. The second-order valence-corrected chi connectivity index (χ2v) is 2.10. The van der Waals surface area contributed by atoms with Gasteiger partial charge in [-0.15, -0.1) is 4.91 Å². The Bertz CT molecular complexity index is 334. The zero-order valence-corrected chi connectivity index (χ0v) is 5.89. The lowest BCUT2D eigenvalue weighted by molar-refractivity contribution is 0.0696. The molecule has 62 valence electrons. The Morgan fingerprint density at radius 1 is 1.42 bits per heavy atom. The molecule has 0 spiro atoms. The number of carboxylic acids is 1. The molecule has 0 atom stereocenters. The van der Waals surface area contributed by atoms with E-state index in [2.05, 4.69) is 5.18 Å². The van der Waals surface area contributed by atoms with E-state index in [9.17, 15) is 9.70 Å². The Kier molecular flexibility index (Phi) is 2.05. The minimum atomic E-state index is -1.16. The highest BCUT2D eigenvalue weighted by Gasteiger charge is 2.06. The van der Waals surface area contributed by atoms with Crippen LogP contribution in [0.5, 0.6) is 5.75 Å². The third-order valence-electron chi connectivity index (χ3n) is 1.32. The summed E-state index contributed by atoms with van der Waals surface area (Å²) in [5.41, 5.74) is -0.250. The molecule has 0 fully saturated rings. The van der Waals surface area contributed by atoms with Crippen LogP contribution >= 0.6 is 0 Å². The first kappa shape index (κ1) is 8.19. The Balaban J connectivity index is 3.18. The van der Waals surface area contributed by atoms with Crippen LogP contribution in [0.25, 0.3) is 0 Å². The van der Waals surface area contributed by atoms with Gasteiger partial charge >= 0.3 is 5.97 Å². The van der Waals surface area contributed by atoms with E-state index in [1.807, 2.05) is 0 Å². The molecule has 0 unspecified atom stereocenters. The maximum absolute atomic E-state index is 10.3. The van der Waals surface area contributed by atoms with E-state index in [-0.39, 0.29) is 11.3 Å². The van der Waals surface area contributed by atoms with Crippen molar-refractivity contribution in [3.8, 4) is 5.75 Å². The summed E-state index contributed by atoms with van der Waals surface area (Å²) in [6, 6.07) is 3.31. The van der Waals surface area contributed by atoms with Crippen molar-refractivity contribution in [2.75, 3.05) is 0 Å². The van der Waals surface area contributed by atoms with Crippen molar-refractivity contribution in [3.63, 3.8) is 0 Å².